The van der Waals surface area contributed by atoms with Gasteiger partial charge in [-0.15, -0.1) is 0 Å². The number of nitriles is 1. The second kappa shape index (κ2) is 8.37. The molecule has 0 aromatic heterocycles. The van der Waals surface area contributed by atoms with Gasteiger partial charge >= 0.3 is 0 Å². The number of rotatable bonds is 6. The van der Waals surface area contributed by atoms with Crippen LogP contribution in [0.15, 0.2) is 47.9 Å². The first kappa shape index (κ1) is 19.1. The van der Waals surface area contributed by atoms with Crippen molar-refractivity contribution in [1.82, 2.24) is 0 Å². The molecule has 1 aliphatic heterocycles. The molecule has 1 atom stereocenters. The Bertz CT molecular complexity index is 898. The average Bonchev–Trinajstić information content (AvgIpc) is 2.65. The van der Waals surface area contributed by atoms with Crippen molar-refractivity contribution in [3.63, 3.8) is 0 Å². The van der Waals surface area contributed by atoms with E-state index in [9.17, 15) is 10.4 Å². The standard InChI is InChI=1S/C22H23ClN2O2/c1-2-3-4-5-6-15-11-17-20(12-19(15)26)27-22(25)18(13-24)21(17)14-7-9-16(23)10-8-14/h7-12,21,26H,2-6,25H2,1H3/t21-/m1/s1. The number of fused-ring (bicyclic) bond motifs is 1. The van der Waals surface area contributed by atoms with E-state index in [2.05, 4.69) is 13.0 Å². The highest BCUT2D eigenvalue weighted by Crippen LogP contribution is 2.44. The van der Waals surface area contributed by atoms with Crippen LogP contribution in [0.1, 0.15) is 55.2 Å². The molecule has 2 aromatic carbocycles. The Morgan fingerprint density at radius 1 is 1.19 bits per heavy atom. The molecular formula is C22H23ClN2O2. The maximum atomic E-state index is 10.4. The highest BCUT2D eigenvalue weighted by atomic mass is 35.5. The molecule has 3 N–H and O–H groups in total. The fraction of sp³-hybridized carbons (Fsp3) is 0.318. The molecule has 5 heteroatoms. The molecular weight excluding hydrogens is 360 g/mol. The van der Waals surface area contributed by atoms with E-state index in [-0.39, 0.29) is 17.6 Å². The van der Waals surface area contributed by atoms with E-state index < -0.39 is 0 Å². The molecule has 0 unspecified atom stereocenters. The summed E-state index contributed by atoms with van der Waals surface area (Å²) >= 11 is 6.02. The van der Waals surface area contributed by atoms with Gasteiger partial charge in [0.1, 0.15) is 23.1 Å². The summed E-state index contributed by atoms with van der Waals surface area (Å²) in [7, 11) is 0. The van der Waals surface area contributed by atoms with Gasteiger partial charge in [-0.25, -0.2) is 0 Å². The number of allylic oxidation sites excluding steroid dienone is 1. The number of ether oxygens (including phenoxy) is 1. The third-order valence-electron chi connectivity index (χ3n) is 4.92. The first-order valence-electron chi connectivity index (χ1n) is 9.24. The lowest BCUT2D eigenvalue weighted by molar-refractivity contribution is 0.387. The molecule has 0 saturated carbocycles. The number of nitrogens with zero attached hydrogens (tertiary/aromatic N) is 1. The van der Waals surface area contributed by atoms with Gasteiger partial charge in [0.15, 0.2) is 0 Å². The van der Waals surface area contributed by atoms with E-state index in [0.29, 0.717) is 16.3 Å². The van der Waals surface area contributed by atoms with Crippen LogP contribution in [0.25, 0.3) is 0 Å². The summed E-state index contributed by atoms with van der Waals surface area (Å²) < 4.78 is 5.64. The lowest BCUT2D eigenvalue weighted by Gasteiger charge is -2.27. The zero-order valence-electron chi connectivity index (χ0n) is 15.3. The summed E-state index contributed by atoms with van der Waals surface area (Å²) in [5.74, 6) is 0.417. The second-order valence-corrected chi connectivity index (χ2v) is 7.24. The Morgan fingerprint density at radius 2 is 1.93 bits per heavy atom. The van der Waals surface area contributed by atoms with Crippen LogP contribution in [0.3, 0.4) is 0 Å². The van der Waals surface area contributed by atoms with Gasteiger partial charge in [-0.1, -0.05) is 49.9 Å². The van der Waals surface area contributed by atoms with E-state index in [1.807, 2.05) is 18.2 Å². The molecule has 1 aliphatic rings. The fourth-order valence-electron chi connectivity index (χ4n) is 3.48. The summed E-state index contributed by atoms with van der Waals surface area (Å²) in [4.78, 5) is 0. The highest BCUT2D eigenvalue weighted by Gasteiger charge is 2.31. The molecule has 0 fully saturated rings. The third kappa shape index (κ3) is 4.04. The van der Waals surface area contributed by atoms with E-state index in [0.717, 1.165) is 42.4 Å². The smallest absolute Gasteiger partial charge is 0.205 e. The van der Waals surface area contributed by atoms with Gasteiger partial charge in [-0.2, -0.15) is 5.26 Å². The van der Waals surface area contributed by atoms with Crippen LogP contribution in [0, 0.1) is 11.3 Å². The summed E-state index contributed by atoms with van der Waals surface area (Å²) in [6, 6.07) is 13.1. The van der Waals surface area contributed by atoms with Crippen molar-refractivity contribution in [3.8, 4) is 17.6 Å². The monoisotopic (exact) mass is 382 g/mol. The number of phenolic OH excluding ortho intramolecular Hbond substituents is 1. The second-order valence-electron chi connectivity index (χ2n) is 6.81. The van der Waals surface area contributed by atoms with Crippen LogP contribution < -0.4 is 10.5 Å². The van der Waals surface area contributed by atoms with E-state index >= 15 is 0 Å². The number of unbranched alkanes of at least 4 members (excludes halogenated alkanes) is 3. The number of hydrogen-bond donors (Lipinski definition) is 2. The molecule has 0 bridgehead atoms. The number of aromatic hydroxyl groups is 1. The lowest BCUT2D eigenvalue weighted by Crippen LogP contribution is -2.21. The van der Waals surface area contributed by atoms with Crippen molar-refractivity contribution < 1.29 is 9.84 Å². The van der Waals surface area contributed by atoms with Gasteiger partial charge in [0.2, 0.25) is 5.88 Å². The Labute approximate surface area is 164 Å². The van der Waals surface area contributed by atoms with Crippen molar-refractivity contribution in [2.24, 2.45) is 5.73 Å². The molecule has 0 aliphatic carbocycles. The van der Waals surface area contributed by atoms with Crippen LogP contribution in [-0.4, -0.2) is 5.11 Å². The van der Waals surface area contributed by atoms with Gasteiger partial charge in [0.05, 0.1) is 5.92 Å². The Hall–Kier alpha value is -2.64. The summed E-state index contributed by atoms with van der Waals surface area (Å²) in [6.45, 7) is 2.17. The molecule has 0 radical (unpaired) electrons. The molecule has 0 amide bonds. The zero-order valence-corrected chi connectivity index (χ0v) is 16.1. The van der Waals surface area contributed by atoms with Crippen molar-refractivity contribution in [1.29, 1.82) is 5.26 Å². The van der Waals surface area contributed by atoms with Gasteiger partial charge in [0, 0.05) is 16.7 Å². The van der Waals surface area contributed by atoms with Crippen LogP contribution in [-0.2, 0) is 6.42 Å². The summed E-state index contributed by atoms with van der Waals surface area (Å²) in [5, 5.41) is 20.7. The molecule has 2 aromatic rings. The normalized spacial score (nSPS) is 15.8. The predicted molar refractivity (Wildman–Crippen MR) is 107 cm³/mol. The lowest BCUT2D eigenvalue weighted by atomic mass is 9.82. The Morgan fingerprint density at radius 3 is 2.59 bits per heavy atom. The van der Waals surface area contributed by atoms with Crippen molar-refractivity contribution in [2.45, 2.75) is 44.9 Å². The molecule has 0 saturated heterocycles. The van der Waals surface area contributed by atoms with Gasteiger partial charge in [0.25, 0.3) is 0 Å². The molecule has 3 rings (SSSR count). The van der Waals surface area contributed by atoms with Crippen molar-refractivity contribution in [3.05, 3.63) is 69.6 Å². The maximum absolute atomic E-state index is 10.4. The quantitative estimate of drug-likeness (QED) is 0.656. The van der Waals surface area contributed by atoms with Crippen molar-refractivity contribution >= 4 is 11.6 Å². The summed E-state index contributed by atoms with van der Waals surface area (Å²) in [6.07, 6.45) is 5.27. The minimum atomic E-state index is -0.342. The first-order valence-corrected chi connectivity index (χ1v) is 9.61. The SMILES string of the molecule is CCCCCCc1cc2c(cc1O)OC(N)=C(C#N)[C@@H]2c1ccc(Cl)cc1. The van der Waals surface area contributed by atoms with E-state index in [1.54, 1.807) is 18.2 Å². The molecule has 140 valence electrons. The largest absolute Gasteiger partial charge is 0.508 e. The van der Waals surface area contributed by atoms with Crippen molar-refractivity contribution in [2.75, 3.05) is 0 Å². The minimum Gasteiger partial charge on any atom is -0.508 e. The van der Waals surface area contributed by atoms with Gasteiger partial charge < -0.3 is 15.6 Å². The number of nitrogens with two attached hydrogens (primary N) is 1. The van der Waals surface area contributed by atoms with Crippen LogP contribution >= 0.6 is 11.6 Å². The zero-order chi connectivity index (χ0) is 19.4. The summed E-state index contributed by atoms with van der Waals surface area (Å²) in [5.41, 5.74) is 8.97. The van der Waals surface area contributed by atoms with Crippen LogP contribution in [0.2, 0.25) is 5.02 Å². The Kier molecular flexibility index (Phi) is 5.93. The number of hydrogen-bond acceptors (Lipinski definition) is 4. The molecule has 4 nitrogen and oxygen atoms in total. The minimum absolute atomic E-state index is 0.0695. The first-order chi connectivity index (χ1) is 13.0. The molecule has 27 heavy (non-hydrogen) atoms. The number of benzene rings is 2. The van der Waals surface area contributed by atoms with E-state index in [4.69, 9.17) is 22.1 Å². The van der Waals surface area contributed by atoms with E-state index in [1.165, 1.54) is 6.42 Å². The van der Waals surface area contributed by atoms with Gasteiger partial charge in [-0.05, 0) is 42.2 Å². The number of phenols is 1. The number of halogens is 1. The van der Waals surface area contributed by atoms with Crippen LogP contribution in [0.4, 0.5) is 0 Å². The predicted octanol–water partition coefficient (Wildman–Crippen LogP) is 5.39. The third-order valence-corrected chi connectivity index (χ3v) is 5.17. The maximum Gasteiger partial charge on any atom is 0.205 e. The van der Waals surface area contributed by atoms with Crippen LogP contribution in [0.5, 0.6) is 11.5 Å². The van der Waals surface area contributed by atoms with Gasteiger partial charge in [-0.3, -0.25) is 0 Å². The Balaban J connectivity index is 2.03. The highest BCUT2D eigenvalue weighted by molar-refractivity contribution is 6.30. The number of aryl methyl sites for hydroxylation is 1. The molecule has 0 spiro atoms. The topological polar surface area (TPSA) is 79.3 Å². The fourth-order valence-corrected chi connectivity index (χ4v) is 3.61. The average molecular weight is 383 g/mol. The molecule has 1 heterocycles.